The number of hydrogen-bond donors (Lipinski definition) is 1. The fourth-order valence-electron chi connectivity index (χ4n) is 2.71. The molecule has 0 bridgehead atoms. The second-order valence-electron chi connectivity index (χ2n) is 6.30. The highest BCUT2D eigenvalue weighted by atomic mass is 32.2. The number of rotatable bonds is 5. The quantitative estimate of drug-likeness (QED) is 0.803. The first kappa shape index (κ1) is 19.3. The monoisotopic (exact) mass is 404 g/mol. The highest BCUT2D eigenvalue weighted by Crippen LogP contribution is 2.29. The number of alkyl halides is 3. The number of nitrogens with zero attached hydrogens (tertiary/aromatic N) is 3. The Labute approximate surface area is 152 Å². The van der Waals surface area contributed by atoms with E-state index >= 15 is 0 Å². The molecular formula is C15H15F3N4O4S. The van der Waals surface area contributed by atoms with Crippen LogP contribution in [0.2, 0.25) is 0 Å². The number of carbonyl (C=O) groups is 1. The molecule has 1 saturated heterocycles. The Morgan fingerprint density at radius 2 is 1.93 bits per heavy atom. The maximum atomic E-state index is 12.5. The molecule has 1 N–H and O–H groups in total. The Kier molecular flexibility index (Phi) is 4.95. The average Bonchev–Trinajstić information content (AvgIpc) is 3.03. The summed E-state index contributed by atoms with van der Waals surface area (Å²) in [6.45, 7) is 1.29. The van der Waals surface area contributed by atoms with Crippen LogP contribution in [0.1, 0.15) is 16.2 Å². The van der Waals surface area contributed by atoms with Crippen LogP contribution in [0.4, 0.5) is 13.2 Å². The number of amides is 1. The number of sulfonamides is 1. The maximum Gasteiger partial charge on any atom is 0.471 e. The molecule has 0 atom stereocenters. The topological polar surface area (TPSA) is 105 Å². The van der Waals surface area contributed by atoms with E-state index < -0.39 is 28.0 Å². The van der Waals surface area contributed by atoms with Crippen molar-refractivity contribution in [1.82, 2.24) is 19.8 Å². The molecule has 12 heteroatoms. The Hall–Kier alpha value is -2.47. The molecule has 2 aromatic rings. The van der Waals surface area contributed by atoms with E-state index in [0.29, 0.717) is 13.1 Å². The lowest BCUT2D eigenvalue weighted by molar-refractivity contribution is -0.159. The molecule has 1 fully saturated rings. The molecule has 146 valence electrons. The van der Waals surface area contributed by atoms with Gasteiger partial charge in [-0.05, 0) is 25.1 Å². The van der Waals surface area contributed by atoms with E-state index in [2.05, 4.69) is 14.7 Å². The molecule has 1 aliphatic heterocycles. The van der Waals surface area contributed by atoms with Gasteiger partial charge in [0.05, 0.1) is 5.75 Å². The fraction of sp³-hybridized carbons (Fsp3) is 0.400. The first-order valence-corrected chi connectivity index (χ1v) is 9.43. The van der Waals surface area contributed by atoms with Gasteiger partial charge in [0.25, 0.3) is 5.91 Å². The molecule has 1 amide bonds. The van der Waals surface area contributed by atoms with Crippen molar-refractivity contribution >= 4 is 15.9 Å². The fourth-order valence-corrected chi connectivity index (χ4v) is 4.03. The predicted molar refractivity (Wildman–Crippen MR) is 87.0 cm³/mol. The molecule has 8 nitrogen and oxygen atoms in total. The normalized spacial score (nSPS) is 16.1. The standard InChI is InChI=1S/C15H15F3N4O4S/c1-22-6-9(7-22)8-27(24,25)21-13(23)11-4-2-10(3-5-11)12-19-14(26-20-12)15(16,17)18/h2-5,9H,6-8H2,1H3,(H,21,23). The van der Waals surface area contributed by atoms with E-state index in [1.165, 1.54) is 24.3 Å². The third-order valence-electron chi connectivity index (χ3n) is 3.92. The molecule has 27 heavy (non-hydrogen) atoms. The highest BCUT2D eigenvalue weighted by Gasteiger charge is 2.38. The van der Waals surface area contributed by atoms with Crippen molar-refractivity contribution in [3.05, 3.63) is 35.7 Å². The van der Waals surface area contributed by atoms with E-state index in [9.17, 15) is 26.4 Å². The lowest BCUT2D eigenvalue weighted by Crippen LogP contribution is -2.49. The number of nitrogens with one attached hydrogen (secondary N) is 1. The van der Waals surface area contributed by atoms with Gasteiger partial charge in [0.1, 0.15) is 0 Å². The van der Waals surface area contributed by atoms with Crippen LogP contribution in [0.3, 0.4) is 0 Å². The Morgan fingerprint density at radius 1 is 1.30 bits per heavy atom. The Balaban J connectivity index is 1.66. The number of aromatic nitrogens is 2. The minimum atomic E-state index is -4.76. The molecule has 3 rings (SSSR count). The molecule has 1 aromatic heterocycles. The largest absolute Gasteiger partial charge is 0.471 e. The number of benzene rings is 1. The number of halogens is 3. The maximum absolute atomic E-state index is 12.5. The van der Waals surface area contributed by atoms with Gasteiger partial charge in [0, 0.05) is 24.2 Å². The summed E-state index contributed by atoms with van der Waals surface area (Å²) in [7, 11) is -1.91. The third kappa shape index (κ3) is 4.63. The Morgan fingerprint density at radius 3 is 2.44 bits per heavy atom. The van der Waals surface area contributed by atoms with E-state index in [1.54, 1.807) is 0 Å². The molecule has 1 aromatic carbocycles. The number of carbonyl (C=O) groups excluding carboxylic acids is 1. The van der Waals surface area contributed by atoms with Crippen LogP contribution >= 0.6 is 0 Å². The minimum Gasteiger partial charge on any atom is -0.329 e. The molecule has 0 aliphatic carbocycles. The van der Waals surface area contributed by atoms with Gasteiger partial charge < -0.3 is 9.42 Å². The first-order chi connectivity index (χ1) is 12.5. The van der Waals surface area contributed by atoms with Gasteiger partial charge >= 0.3 is 12.1 Å². The van der Waals surface area contributed by atoms with Crippen LogP contribution in [0.5, 0.6) is 0 Å². The van der Waals surface area contributed by atoms with Gasteiger partial charge in [-0.3, -0.25) is 4.79 Å². The summed E-state index contributed by atoms with van der Waals surface area (Å²) in [6, 6.07) is 5.13. The van der Waals surface area contributed by atoms with Gasteiger partial charge in [-0.15, -0.1) is 0 Å². The third-order valence-corrected chi connectivity index (χ3v) is 5.32. The minimum absolute atomic E-state index is 0.0243. The van der Waals surface area contributed by atoms with Crippen LogP contribution in [0.15, 0.2) is 28.8 Å². The van der Waals surface area contributed by atoms with Gasteiger partial charge in [-0.1, -0.05) is 17.3 Å². The average molecular weight is 404 g/mol. The van der Waals surface area contributed by atoms with Crippen molar-refractivity contribution in [1.29, 1.82) is 0 Å². The van der Waals surface area contributed by atoms with Crippen molar-refractivity contribution in [2.24, 2.45) is 5.92 Å². The molecule has 1 aliphatic rings. The second kappa shape index (κ2) is 6.93. The lowest BCUT2D eigenvalue weighted by Gasteiger charge is -2.35. The highest BCUT2D eigenvalue weighted by molar-refractivity contribution is 7.90. The summed E-state index contributed by atoms with van der Waals surface area (Å²) in [4.78, 5) is 17.3. The predicted octanol–water partition coefficient (Wildman–Crippen LogP) is 1.38. The summed E-state index contributed by atoms with van der Waals surface area (Å²) in [5.74, 6) is -2.77. The molecular weight excluding hydrogens is 389 g/mol. The second-order valence-corrected chi connectivity index (χ2v) is 8.07. The van der Waals surface area contributed by atoms with Crippen molar-refractivity contribution < 1.29 is 30.9 Å². The smallest absolute Gasteiger partial charge is 0.329 e. The summed E-state index contributed by atoms with van der Waals surface area (Å²) in [6.07, 6.45) is -4.76. The summed E-state index contributed by atoms with van der Waals surface area (Å²) in [5.41, 5.74) is 0.221. The first-order valence-electron chi connectivity index (χ1n) is 7.78. The van der Waals surface area contributed by atoms with Crippen LogP contribution in [0.25, 0.3) is 11.4 Å². The van der Waals surface area contributed by atoms with Crippen LogP contribution in [-0.4, -0.2) is 55.3 Å². The SMILES string of the molecule is CN1CC(CS(=O)(=O)NC(=O)c2ccc(-c3noc(C(F)(F)F)n3)cc2)C1. The number of hydrogen-bond acceptors (Lipinski definition) is 7. The van der Waals surface area contributed by atoms with Crippen molar-refractivity contribution in [3.8, 4) is 11.4 Å². The number of likely N-dealkylation sites (tertiary alicyclic amines) is 1. The van der Waals surface area contributed by atoms with Crippen LogP contribution < -0.4 is 4.72 Å². The van der Waals surface area contributed by atoms with Crippen molar-refractivity contribution in [3.63, 3.8) is 0 Å². The van der Waals surface area contributed by atoms with Crippen LogP contribution in [-0.2, 0) is 16.2 Å². The van der Waals surface area contributed by atoms with E-state index in [1.807, 2.05) is 16.7 Å². The zero-order valence-corrected chi connectivity index (χ0v) is 14.8. The van der Waals surface area contributed by atoms with Gasteiger partial charge in [-0.2, -0.15) is 18.2 Å². The summed E-state index contributed by atoms with van der Waals surface area (Å²) in [5, 5.41) is 3.23. The van der Waals surface area contributed by atoms with Gasteiger partial charge in [0.15, 0.2) is 0 Å². The molecule has 2 heterocycles. The van der Waals surface area contributed by atoms with Crippen LogP contribution in [0, 0.1) is 5.92 Å². The summed E-state index contributed by atoms with van der Waals surface area (Å²) >= 11 is 0. The molecule has 0 spiro atoms. The summed E-state index contributed by atoms with van der Waals surface area (Å²) < 4.78 is 67.6. The van der Waals surface area contributed by atoms with Crippen molar-refractivity contribution in [2.75, 3.05) is 25.9 Å². The Bertz CT molecular complexity index is 935. The molecule has 0 unspecified atom stereocenters. The molecule has 0 radical (unpaired) electrons. The van der Waals surface area contributed by atoms with E-state index in [0.717, 1.165) is 0 Å². The van der Waals surface area contributed by atoms with Gasteiger partial charge in [-0.25, -0.2) is 13.1 Å². The van der Waals surface area contributed by atoms with E-state index in [-0.39, 0.29) is 28.6 Å². The van der Waals surface area contributed by atoms with Gasteiger partial charge in [0.2, 0.25) is 15.8 Å². The van der Waals surface area contributed by atoms with Crippen molar-refractivity contribution in [2.45, 2.75) is 6.18 Å². The zero-order valence-electron chi connectivity index (χ0n) is 14.0. The lowest BCUT2D eigenvalue weighted by atomic mass is 10.0. The van der Waals surface area contributed by atoms with E-state index in [4.69, 9.17) is 0 Å². The zero-order chi connectivity index (χ0) is 19.8. The molecule has 0 saturated carbocycles.